The molecule has 2 aliphatic rings. The van der Waals surface area contributed by atoms with Crippen molar-refractivity contribution in [1.29, 1.82) is 0 Å². The van der Waals surface area contributed by atoms with Crippen LogP contribution in [0, 0.1) is 5.92 Å². The first kappa shape index (κ1) is 12.4. The van der Waals surface area contributed by atoms with Gasteiger partial charge in [0.15, 0.2) is 11.5 Å². The number of nitrogens with one attached hydrogen (secondary N) is 1. The Morgan fingerprint density at radius 2 is 1.95 bits per heavy atom. The minimum absolute atomic E-state index is 0.557. The van der Waals surface area contributed by atoms with E-state index in [-0.39, 0.29) is 0 Å². The van der Waals surface area contributed by atoms with Gasteiger partial charge in [0, 0.05) is 25.3 Å². The van der Waals surface area contributed by atoms with Crippen molar-refractivity contribution >= 4 is 11.4 Å². The van der Waals surface area contributed by atoms with Crippen LogP contribution in [0.15, 0.2) is 12.1 Å². The molecule has 5 heteroatoms. The summed E-state index contributed by atoms with van der Waals surface area (Å²) in [6, 6.07) is 3.75. The smallest absolute Gasteiger partial charge is 0.163 e. The first-order valence-electron chi connectivity index (χ1n) is 6.83. The van der Waals surface area contributed by atoms with Crippen molar-refractivity contribution in [1.82, 2.24) is 0 Å². The highest BCUT2D eigenvalue weighted by molar-refractivity contribution is 5.72. The zero-order valence-corrected chi connectivity index (χ0v) is 11.0. The minimum atomic E-state index is 0.557. The highest BCUT2D eigenvalue weighted by Crippen LogP contribution is 2.37. The highest BCUT2D eigenvalue weighted by Gasteiger charge is 2.17. The molecule has 1 fully saturated rings. The van der Waals surface area contributed by atoms with Gasteiger partial charge in [-0.05, 0) is 18.8 Å². The van der Waals surface area contributed by atoms with Gasteiger partial charge in [0.25, 0.3) is 0 Å². The molecule has 1 atom stereocenters. The lowest BCUT2D eigenvalue weighted by Crippen LogP contribution is -2.24. The molecule has 0 amide bonds. The number of fused-ring (bicyclic) bond motifs is 1. The zero-order chi connectivity index (χ0) is 13.1. The van der Waals surface area contributed by atoms with E-state index in [2.05, 4.69) is 5.32 Å². The quantitative estimate of drug-likeness (QED) is 0.816. The second-order valence-electron chi connectivity index (χ2n) is 5.05. The molecular formula is C14H20N2O3. The third kappa shape index (κ3) is 2.87. The van der Waals surface area contributed by atoms with E-state index in [4.69, 9.17) is 19.9 Å². The van der Waals surface area contributed by atoms with Gasteiger partial charge >= 0.3 is 0 Å². The molecule has 19 heavy (non-hydrogen) atoms. The van der Waals surface area contributed by atoms with Gasteiger partial charge in [-0.2, -0.15) is 0 Å². The number of nitrogens with two attached hydrogens (primary N) is 1. The van der Waals surface area contributed by atoms with Crippen LogP contribution in [0.25, 0.3) is 0 Å². The summed E-state index contributed by atoms with van der Waals surface area (Å²) < 4.78 is 16.5. The van der Waals surface area contributed by atoms with E-state index in [0.29, 0.717) is 24.8 Å². The normalized spacial score (nSPS) is 22.0. The lowest BCUT2D eigenvalue weighted by Gasteiger charge is -2.24. The van der Waals surface area contributed by atoms with E-state index >= 15 is 0 Å². The Hall–Kier alpha value is -1.62. The molecule has 1 unspecified atom stereocenters. The molecule has 2 heterocycles. The maximum atomic E-state index is 6.03. The summed E-state index contributed by atoms with van der Waals surface area (Å²) in [7, 11) is 0. The highest BCUT2D eigenvalue weighted by atomic mass is 16.6. The Morgan fingerprint density at radius 1 is 1.16 bits per heavy atom. The number of nitrogen functional groups attached to an aromatic ring is 1. The van der Waals surface area contributed by atoms with Gasteiger partial charge in [-0.25, -0.2) is 0 Å². The molecule has 2 aliphatic heterocycles. The van der Waals surface area contributed by atoms with Gasteiger partial charge in [0.05, 0.1) is 18.0 Å². The number of hydrogen-bond acceptors (Lipinski definition) is 5. The number of ether oxygens (including phenoxy) is 3. The van der Waals surface area contributed by atoms with Crippen LogP contribution in [-0.4, -0.2) is 33.0 Å². The fourth-order valence-corrected chi connectivity index (χ4v) is 2.48. The molecule has 1 saturated heterocycles. The Bertz CT molecular complexity index is 445. The van der Waals surface area contributed by atoms with E-state index in [1.807, 2.05) is 12.1 Å². The summed E-state index contributed by atoms with van der Waals surface area (Å²) in [5.74, 6) is 2.06. The minimum Gasteiger partial charge on any atom is -0.486 e. The van der Waals surface area contributed by atoms with Crippen molar-refractivity contribution in [2.24, 2.45) is 5.92 Å². The summed E-state index contributed by atoms with van der Waals surface area (Å²) in [6.45, 7) is 3.77. The molecule has 0 aliphatic carbocycles. The molecule has 0 saturated carbocycles. The van der Waals surface area contributed by atoms with Crippen LogP contribution in [0.3, 0.4) is 0 Å². The van der Waals surface area contributed by atoms with Gasteiger partial charge in [-0.3, -0.25) is 0 Å². The molecule has 5 nitrogen and oxygen atoms in total. The van der Waals surface area contributed by atoms with E-state index in [9.17, 15) is 0 Å². The zero-order valence-electron chi connectivity index (χ0n) is 11.0. The molecule has 1 aromatic rings. The van der Waals surface area contributed by atoms with Crippen LogP contribution in [0.4, 0.5) is 11.4 Å². The standard InChI is InChI=1S/C14H20N2O3/c15-11-6-13-14(19-5-4-18-13)7-12(11)16-8-10-2-1-3-17-9-10/h6-7,10,16H,1-5,8-9,15H2. The Balaban J connectivity index is 1.66. The van der Waals surface area contributed by atoms with Crippen molar-refractivity contribution in [3.8, 4) is 11.5 Å². The second kappa shape index (κ2) is 5.57. The van der Waals surface area contributed by atoms with E-state index < -0.39 is 0 Å². The SMILES string of the molecule is Nc1cc2c(cc1NCC1CCCOC1)OCCO2. The van der Waals surface area contributed by atoms with Crippen molar-refractivity contribution < 1.29 is 14.2 Å². The van der Waals surface area contributed by atoms with Gasteiger partial charge in [-0.1, -0.05) is 0 Å². The van der Waals surface area contributed by atoms with E-state index in [1.165, 1.54) is 6.42 Å². The van der Waals surface area contributed by atoms with E-state index in [0.717, 1.165) is 43.4 Å². The van der Waals surface area contributed by atoms with Crippen LogP contribution >= 0.6 is 0 Å². The van der Waals surface area contributed by atoms with Crippen molar-refractivity contribution in [2.45, 2.75) is 12.8 Å². The molecular weight excluding hydrogens is 244 g/mol. The molecule has 0 bridgehead atoms. The van der Waals surface area contributed by atoms with Crippen molar-refractivity contribution in [2.75, 3.05) is 44.0 Å². The summed E-state index contributed by atoms with van der Waals surface area (Å²) in [6.07, 6.45) is 2.35. The predicted octanol–water partition coefficient (Wildman–Crippen LogP) is 1.88. The third-order valence-corrected chi connectivity index (χ3v) is 3.55. The molecule has 3 N–H and O–H groups in total. The third-order valence-electron chi connectivity index (χ3n) is 3.55. The number of anilines is 2. The van der Waals surface area contributed by atoms with Crippen LogP contribution < -0.4 is 20.5 Å². The average molecular weight is 264 g/mol. The van der Waals surface area contributed by atoms with Crippen LogP contribution in [0.1, 0.15) is 12.8 Å². The summed E-state index contributed by atoms with van der Waals surface area (Å²) in [4.78, 5) is 0. The molecule has 3 rings (SSSR count). The van der Waals surface area contributed by atoms with Crippen LogP contribution in [0.5, 0.6) is 11.5 Å². The summed E-state index contributed by atoms with van der Waals surface area (Å²) >= 11 is 0. The summed E-state index contributed by atoms with van der Waals surface area (Å²) in [5, 5.41) is 3.39. The fraction of sp³-hybridized carbons (Fsp3) is 0.571. The fourth-order valence-electron chi connectivity index (χ4n) is 2.48. The average Bonchev–Trinajstić information content (AvgIpc) is 2.46. The Kier molecular flexibility index (Phi) is 3.64. The monoisotopic (exact) mass is 264 g/mol. The Morgan fingerprint density at radius 3 is 2.68 bits per heavy atom. The largest absolute Gasteiger partial charge is 0.486 e. The predicted molar refractivity (Wildman–Crippen MR) is 73.9 cm³/mol. The van der Waals surface area contributed by atoms with Gasteiger partial charge in [0.1, 0.15) is 13.2 Å². The number of benzene rings is 1. The summed E-state index contributed by atoms with van der Waals surface area (Å²) in [5.41, 5.74) is 7.64. The Labute approximate surface area is 113 Å². The number of rotatable bonds is 3. The second-order valence-corrected chi connectivity index (χ2v) is 5.05. The van der Waals surface area contributed by atoms with Crippen molar-refractivity contribution in [3.63, 3.8) is 0 Å². The van der Waals surface area contributed by atoms with Crippen LogP contribution in [0.2, 0.25) is 0 Å². The van der Waals surface area contributed by atoms with Gasteiger partial charge in [-0.15, -0.1) is 0 Å². The van der Waals surface area contributed by atoms with Gasteiger partial charge < -0.3 is 25.3 Å². The first-order valence-corrected chi connectivity index (χ1v) is 6.83. The molecule has 0 aromatic heterocycles. The van der Waals surface area contributed by atoms with Gasteiger partial charge in [0.2, 0.25) is 0 Å². The van der Waals surface area contributed by atoms with Crippen molar-refractivity contribution in [3.05, 3.63) is 12.1 Å². The molecule has 0 spiro atoms. The maximum Gasteiger partial charge on any atom is 0.163 e. The van der Waals surface area contributed by atoms with Crippen LogP contribution in [-0.2, 0) is 4.74 Å². The lowest BCUT2D eigenvalue weighted by atomic mass is 10.0. The topological polar surface area (TPSA) is 65.7 Å². The lowest BCUT2D eigenvalue weighted by molar-refractivity contribution is 0.0595. The molecule has 104 valence electrons. The van der Waals surface area contributed by atoms with E-state index in [1.54, 1.807) is 0 Å². The number of hydrogen-bond donors (Lipinski definition) is 2. The molecule has 0 radical (unpaired) electrons. The molecule has 1 aromatic carbocycles. The maximum absolute atomic E-state index is 6.03. The first-order chi connectivity index (χ1) is 9.33.